The van der Waals surface area contributed by atoms with Gasteiger partial charge in [0.25, 0.3) is 5.69 Å². The molecule has 2 aromatic carbocycles. The van der Waals surface area contributed by atoms with Crippen molar-refractivity contribution in [3.8, 4) is 0 Å². The van der Waals surface area contributed by atoms with Crippen molar-refractivity contribution in [3.63, 3.8) is 0 Å². The molecule has 154 valence electrons. The van der Waals surface area contributed by atoms with Crippen LogP contribution in [0.2, 0.25) is 0 Å². The van der Waals surface area contributed by atoms with Gasteiger partial charge in [-0.2, -0.15) is 0 Å². The molecule has 3 rings (SSSR count). The number of non-ortho nitro benzene ring substituents is 1. The van der Waals surface area contributed by atoms with Gasteiger partial charge in [-0.05, 0) is 42.7 Å². The number of benzene rings is 2. The summed E-state index contributed by atoms with van der Waals surface area (Å²) in [6.45, 7) is 6.12. The van der Waals surface area contributed by atoms with E-state index >= 15 is 0 Å². The Morgan fingerprint density at radius 2 is 1.72 bits per heavy atom. The van der Waals surface area contributed by atoms with E-state index in [1.54, 1.807) is 24.3 Å². The van der Waals surface area contributed by atoms with E-state index in [-0.39, 0.29) is 29.4 Å². The molecule has 2 aromatic rings. The summed E-state index contributed by atoms with van der Waals surface area (Å²) < 4.78 is 13.3. The highest BCUT2D eigenvalue weighted by Gasteiger charge is 2.30. The summed E-state index contributed by atoms with van der Waals surface area (Å²) in [6, 6.07) is 12.8. The molecule has 1 amide bonds. The summed E-state index contributed by atoms with van der Waals surface area (Å²) in [5.41, 5.74) is 1.86. The molecule has 1 saturated heterocycles. The quantitative estimate of drug-likeness (QED) is 0.534. The molecule has 0 saturated carbocycles. The minimum Gasteiger partial charge on any atom is -0.309 e. The van der Waals surface area contributed by atoms with Crippen LogP contribution < -0.4 is 4.90 Å². The van der Waals surface area contributed by atoms with Gasteiger partial charge in [0.1, 0.15) is 5.82 Å². The second-order valence-electron chi connectivity index (χ2n) is 7.77. The molecule has 0 unspecified atom stereocenters. The molecular weight excluding hydrogens is 373 g/mol. The van der Waals surface area contributed by atoms with Crippen molar-refractivity contribution in [2.45, 2.75) is 39.3 Å². The van der Waals surface area contributed by atoms with E-state index in [0.717, 1.165) is 43.7 Å². The summed E-state index contributed by atoms with van der Waals surface area (Å²) in [5, 5.41) is 10.8. The summed E-state index contributed by atoms with van der Waals surface area (Å²) in [7, 11) is 0. The second-order valence-corrected chi connectivity index (χ2v) is 7.77. The maximum Gasteiger partial charge on any atom is 0.269 e. The lowest BCUT2D eigenvalue weighted by molar-refractivity contribution is -0.384. The Morgan fingerprint density at radius 3 is 2.24 bits per heavy atom. The Morgan fingerprint density at radius 1 is 1.14 bits per heavy atom. The Hall–Kier alpha value is -2.80. The molecule has 0 N–H and O–H groups in total. The van der Waals surface area contributed by atoms with Crippen molar-refractivity contribution in [2.24, 2.45) is 5.92 Å². The fourth-order valence-corrected chi connectivity index (χ4v) is 3.71. The molecule has 0 atom stereocenters. The lowest BCUT2D eigenvalue weighted by Crippen LogP contribution is -2.48. The number of hydrogen-bond donors (Lipinski definition) is 0. The van der Waals surface area contributed by atoms with E-state index in [1.807, 2.05) is 18.7 Å². The van der Waals surface area contributed by atoms with Crippen LogP contribution in [-0.2, 0) is 11.3 Å². The molecule has 0 aromatic heterocycles. The van der Waals surface area contributed by atoms with Crippen molar-refractivity contribution >= 4 is 17.3 Å². The number of amides is 1. The number of nitrogens with zero attached hydrogens (tertiary/aromatic N) is 3. The molecule has 1 heterocycles. The SMILES string of the molecule is CC(C)C(=O)N(c1ccc(F)cc1)C1CCN(Cc2ccc([N+](=O)[O-])cc2)CC1. The third kappa shape index (κ3) is 5.17. The highest BCUT2D eigenvalue weighted by Crippen LogP contribution is 2.27. The van der Waals surface area contributed by atoms with Crippen LogP contribution in [0.5, 0.6) is 0 Å². The fraction of sp³-hybridized carbons (Fsp3) is 0.409. The molecule has 0 bridgehead atoms. The van der Waals surface area contributed by atoms with Crippen molar-refractivity contribution in [3.05, 3.63) is 70.0 Å². The maximum absolute atomic E-state index is 13.3. The first-order valence-electron chi connectivity index (χ1n) is 9.89. The predicted molar refractivity (Wildman–Crippen MR) is 110 cm³/mol. The third-order valence-corrected chi connectivity index (χ3v) is 5.31. The van der Waals surface area contributed by atoms with Crippen molar-refractivity contribution in [1.82, 2.24) is 4.90 Å². The fourth-order valence-electron chi connectivity index (χ4n) is 3.71. The predicted octanol–water partition coefficient (Wildman–Crippen LogP) is 4.39. The van der Waals surface area contributed by atoms with Crippen molar-refractivity contribution in [1.29, 1.82) is 0 Å². The van der Waals surface area contributed by atoms with Gasteiger partial charge >= 0.3 is 0 Å². The smallest absolute Gasteiger partial charge is 0.269 e. The molecule has 1 aliphatic rings. The zero-order valence-electron chi connectivity index (χ0n) is 16.8. The highest BCUT2D eigenvalue weighted by atomic mass is 19.1. The number of nitro benzene ring substituents is 1. The number of nitro groups is 1. The van der Waals surface area contributed by atoms with Gasteiger partial charge in [0.15, 0.2) is 0 Å². The number of anilines is 1. The van der Waals surface area contributed by atoms with Crippen LogP contribution in [0, 0.1) is 21.8 Å². The standard InChI is InChI=1S/C22H26FN3O3/c1-16(2)22(27)25(19-9-5-18(23)6-10-19)20-11-13-24(14-12-20)15-17-3-7-21(8-4-17)26(28)29/h3-10,16,20H,11-15H2,1-2H3. The zero-order valence-corrected chi connectivity index (χ0v) is 16.8. The van der Waals surface area contributed by atoms with Gasteiger partial charge in [0.05, 0.1) is 4.92 Å². The van der Waals surface area contributed by atoms with E-state index in [1.165, 1.54) is 24.3 Å². The first-order chi connectivity index (χ1) is 13.8. The Bertz CT molecular complexity index is 845. The average Bonchev–Trinajstić information content (AvgIpc) is 2.71. The van der Waals surface area contributed by atoms with E-state index < -0.39 is 4.92 Å². The van der Waals surface area contributed by atoms with Gasteiger partial charge in [0.2, 0.25) is 5.91 Å². The Labute approximate surface area is 170 Å². The van der Waals surface area contributed by atoms with Crippen LogP contribution in [0.3, 0.4) is 0 Å². The Balaban J connectivity index is 1.65. The molecule has 7 heteroatoms. The molecule has 0 radical (unpaired) electrons. The molecule has 1 aliphatic heterocycles. The summed E-state index contributed by atoms with van der Waals surface area (Å²) in [5.74, 6) is -0.410. The van der Waals surface area contributed by atoms with E-state index in [2.05, 4.69) is 4.90 Å². The minimum atomic E-state index is -0.398. The Kier molecular flexibility index (Phi) is 6.59. The molecule has 0 spiro atoms. The first-order valence-corrected chi connectivity index (χ1v) is 9.89. The van der Waals surface area contributed by atoms with Gasteiger partial charge in [-0.3, -0.25) is 19.8 Å². The topological polar surface area (TPSA) is 66.7 Å². The number of likely N-dealkylation sites (tertiary alicyclic amines) is 1. The lowest BCUT2D eigenvalue weighted by atomic mass is 9.99. The summed E-state index contributed by atoms with van der Waals surface area (Å²) in [4.78, 5) is 27.4. The van der Waals surface area contributed by atoms with Gasteiger partial charge in [-0.25, -0.2) is 4.39 Å². The first kappa shape index (κ1) is 20.9. The summed E-state index contributed by atoms with van der Waals surface area (Å²) in [6.07, 6.45) is 1.64. The van der Waals surface area contributed by atoms with Gasteiger partial charge in [0, 0.05) is 49.4 Å². The highest BCUT2D eigenvalue weighted by molar-refractivity contribution is 5.95. The van der Waals surface area contributed by atoms with Crippen molar-refractivity contribution < 1.29 is 14.1 Å². The van der Waals surface area contributed by atoms with Gasteiger partial charge in [-0.1, -0.05) is 26.0 Å². The van der Waals surface area contributed by atoms with Gasteiger partial charge < -0.3 is 4.90 Å². The van der Waals surface area contributed by atoms with Crippen LogP contribution in [0.1, 0.15) is 32.3 Å². The molecule has 6 nitrogen and oxygen atoms in total. The number of piperidine rings is 1. The minimum absolute atomic E-state index is 0.0467. The number of carbonyl (C=O) groups excluding carboxylic acids is 1. The number of carbonyl (C=O) groups is 1. The normalized spacial score (nSPS) is 15.4. The third-order valence-electron chi connectivity index (χ3n) is 5.31. The van der Waals surface area contributed by atoms with Crippen LogP contribution in [0.4, 0.5) is 15.8 Å². The largest absolute Gasteiger partial charge is 0.309 e. The van der Waals surface area contributed by atoms with E-state index in [0.29, 0.717) is 0 Å². The monoisotopic (exact) mass is 399 g/mol. The number of halogens is 1. The molecule has 1 fully saturated rings. The second kappa shape index (κ2) is 9.13. The lowest BCUT2D eigenvalue weighted by Gasteiger charge is -2.39. The number of rotatable bonds is 6. The average molecular weight is 399 g/mol. The van der Waals surface area contributed by atoms with Gasteiger partial charge in [-0.15, -0.1) is 0 Å². The molecule has 0 aliphatic carbocycles. The van der Waals surface area contributed by atoms with Crippen LogP contribution in [0.15, 0.2) is 48.5 Å². The van der Waals surface area contributed by atoms with E-state index in [9.17, 15) is 19.3 Å². The van der Waals surface area contributed by atoms with Crippen LogP contribution in [0.25, 0.3) is 0 Å². The number of hydrogen-bond acceptors (Lipinski definition) is 4. The van der Waals surface area contributed by atoms with Crippen molar-refractivity contribution in [2.75, 3.05) is 18.0 Å². The zero-order chi connectivity index (χ0) is 21.0. The van der Waals surface area contributed by atoms with Crippen LogP contribution in [-0.4, -0.2) is 34.9 Å². The van der Waals surface area contributed by atoms with Crippen LogP contribution >= 0.6 is 0 Å². The summed E-state index contributed by atoms with van der Waals surface area (Å²) >= 11 is 0. The molecule has 29 heavy (non-hydrogen) atoms. The molecular formula is C22H26FN3O3. The maximum atomic E-state index is 13.3. The van der Waals surface area contributed by atoms with E-state index in [4.69, 9.17) is 0 Å².